The minimum Gasteiger partial charge on any atom is -0.350 e. The van der Waals surface area contributed by atoms with Crippen LogP contribution in [0, 0.1) is 25.2 Å². The zero-order valence-corrected chi connectivity index (χ0v) is 14.0. The van der Waals surface area contributed by atoms with E-state index in [0.29, 0.717) is 23.5 Å². The van der Waals surface area contributed by atoms with Crippen molar-refractivity contribution in [3.8, 4) is 6.07 Å². The van der Waals surface area contributed by atoms with Gasteiger partial charge in [0.1, 0.15) is 11.8 Å². The van der Waals surface area contributed by atoms with Gasteiger partial charge in [-0.3, -0.25) is 4.79 Å². The maximum absolute atomic E-state index is 12.3. The Morgan fingerprint density at radius 1 is 1.26 bits per heavy atom. The van der Waals surface area contributed by atoms with Crippen molar-refractivity contribution >= 4 is 5.91 Å². The maximum Gasteiger partial charge on any atom is 0.269 e. The summed E-state index contributed by atoms with van der Waals surface area (Å²) < 4.78 is 0. The third-order valence-corrected chi connectivity index (χ3v) is 3.93. The minimum absolute atomic E-state index is 0.177. The predicted octanol–water partition coefficient (Wildman–Crippen LogP) is 3.28. The number of carbonyl (C=O) groups is 1. The highest BCUT2D eigenvalue weighted by atomic mass is 16.1. The molecule has 0 aliphatic carbocycles. The highest BCUT2D eigenvalue weighted by molar-refractivity contribution is 5.92. The number of nitriles is 1. The van der Waals surface area contributed by atoms with Gasteiger partial charge in [-0.2, -0.15) is 5.26 Å². The van der Waals surface area contributed by atoms with E-state index in [9.17, 15) is 4.79 Å². The van der Waals surface area contributed by atoms with Gasteiger partial charge in [0.2, 0.25) is 0 Å². The topological polar surface area (TPSA) is 65.8 Å². The zero-order chi connectivity index (χ0) is 17.0. The highest BCUT2D eigenvalue weighted by Gasteiger charge is 2.22. The molecule has 1 aromatic carbocycles. The van der Waals surface area contributed by atoms with Crippen molar-refractivity contribution in [1.29, 1.82) is 5.26 Å². The average molecular weight is 307 g/mol. The van der Waals surface area contributed by atoms with Crippen LogP contribution in [0.1, 0.15) is 46.7 Å². The Morgan fingerprint density at radius 3 is 2.61 bits per heavy atom. The number of carbonyl (C=O) groups excluding carboxylic acids is 1. The molecule has 0 bridgehead atoms. The summed E-state index contributed by atoms with van der Waals surface area (Å²) >= 11 is 0. The summed E-state index contributed by atoms with van der Waals surface area (Å²) in [4.78, 5) is 16.5. The second-order valence-corrected chi connectivity index (χ2v) is 6.38. The standard InChI is InChI=1S/C19H21N3O/c1-13-6-5-7-16(10-13)19(3,4)12-21-18(23)17-9-8-15(11-20)14(2)22-17/h5-10H,12H2,1-4H3,(H,21,23). The third-order valence-electron chi connectivity index (χ3n) is 3.93. The predicted molar refractivity (Wildman–Crippen MR) is 90.2 cm³/mol. The van der Waals surface area contributed by atoms with E-state index in [4.69, 9.17) is 5.26 Å². The number of benzene rings is 1. The van der Waals surface area contributed by atoms with Crippen LogP contribution in [0.15, 0.2) is 36.4 Å². The number of hydrogen-bond donors (Lipinski definition) is 1. The molecule has 4 heteroatoms. The van der Waals surface area contributed by atoms with Gasteiger partial charge >= 0.3 is 0 Å². The van der Waals surface area contributed by atoms with Crippen molar-refractivity contribution in [2.75, 3.05) is 6.54 Å². The van der Waals surface area contributed by atoms with E-state index in [-0.39, 0.29) is 11.3 Å². The first-order valence-corrected chi connectivity index (χ1v) is 7.56. The number of aromatic nitrogens is 1. The van der Waals surface area contributed by atoms with Crippen LogP contribution in [0.5, 0.6) is 0 Å². The largest absolute Gasteiger partial charge is 0.350 e. The molecule has 1 heterocycles. The van der Waals surface area contributed by atoms with Crippen molar-refractivity contribution in [2.45, 2.75) is 33.1 Å². The number of nitrogens with zero attached hydrogens (tertiary/aromatic N) is 2. The number of pyridine rings is 1. The van der Waals surface area contributed by atoms with Gasteiger partial charge in [-0.1, -0.05) is 43.7 Å². The molecule has 0 saturated carbocycles. The fourth-order valence-corrected chi connectivity index (χ4v) is 2.37. The van der Waals surface area contributed by atoms with Crippen LogP contribution in [-0.4, -0.2) is 17.4 Å². The molecule has 0 spiro atoms. The monoisotopic (exact) mass is 307 g/mol. The average Bonchev–Trinajstić information content (AvgIpc) is 2.52. The van der Waals surface area contributed by atoms with Gasteiger partial charge < -0.3 is 5.32 Å². The van der Waals surface area contributed by atoms with Crippen LogP contribution in [0.3, 0.4) is 0 Å². The minimum atomic E-state index is -0.224. The molecule has 0 aliphatic rings. The fraction of sp³-hybridized carbons (Fsp3) is 0.316. The second-order valence-electron chi connectivity index (χ2n) is 6.38. The van der Waals surface area contributed by atoms with Gasteiger partial charge in [-0.25, -0.2) is 4.98 Å². The van der Waals surface area contributed by atoms with Crippen LogP contribution >= 0.6 is 0 Å². The molecule has 1 amide bonds. The molecule has 0 radical (unpaired) electrons. The number of amides is 1. The van der Waals surface area contributed by atoms with Gasteiger partial charge in [0.05, 0.1) is 11.3 Å². The van der Waals surface area contributed by atoms with Crippen molar-refractivity contribution in [3.63, 3.8) is 0 Å². The number of nitrogens with one attached hydrogen (secondary N) is 1. The molecule has 4 nitrogen and oxygen atoms in total. The lowest BCUT2D eigenvalue weighted by Crippen LogP contribution is -2.37. The lowest BCUT2D eigenvalue weighted by molar-refractivity contribution is 0.0940. The van der Waals surface area contributed by atoms with Gasteiger partial charge in [0.25, 0.3) is 5.91 Å². The summed E-state index contributed by atoms with van der Waals surface area (Å²) in [5.41, 5.74) is 3.60. The van der Waals surface area contributed by atoms with E-state index < -0.39 is 0 Å². The van der Waals surface area contributed by atoms with Crippen molar-refractivity contribution in [1.82, 2.24) is 10.3 Å². The van der Waals surface area contributed by atoms with E-state index in [1.54, 1.807) is 19.1 Å². The molecule has 2 aromatic rings. The Hall–Kier alpha value is -2.67. The molecular formula is C19H21N3O. The molecule has 0 unspecified atom stereocenters. The zero-order valence-electron chi connectivity index (χ0n) is 14.0. The first-order chi connectivity index (χ1) is 10.8. The number of rotatable bonds is 4. The molecule has 0 fully saturated rings. The van der Waals surface area contributed by atoms with E-state index in [2.05, 4.69) is 55.3 Å². The summed E-state index contributed by atoms with van der Waals surface area (Å²) in [6, 6.07) is 13.6. The molecule has 0 saturated heterocycles. The molecular weight excluding hydrogens is 286 g/mol. The normalized spacial score (nSPS) is 10.9. The lowest BCUT2D eigenvalue weighted by Gasteiger charge is -2.26. The molecule has 1 aromatic heterocycles. The molecule has 1 N–H and O–H groups in total. The van der Waals surface area contributed by atoms with Gasteiger partial charge in [0, 0.05) is 12.0 Å². The smallest absolute Gasteiger partial charge is 0.269 e. The summed E-state index contributed by atoms with van der Waals surface area (Å²) in [6.07, 6.45) is 0. The first kappa shape index (κ1) is 16.7. The van der Waals surface area contributed by atoms with Crippen LogP contribution in [0.25, 0.3) is 0 Å². The van der Waals surface area contributed by atoms with E-state index in [0.717, 1.165) is 0 Å². The highest BCUT2D eigenvalue weighted by Crippen LogP contribution is 2.23. The number of hydrogen-bond acceptors (Lipinski definition) is 3. The fourth-order valence-electron chi connectivity index (χ4n) is 2.37. The van der Waals surface area contributed by atoms with Crippen molar-refractivity contribution in [3.05, 3.63) is 64.5 Å². The molecule has 0 aliphatic heterocycles. The Kier molecular flexibility index (Phi) is 4.80. The van der Waals surface area contributed by atoms with Gasteiger partial charge in [-0.05, 0) is 31.5 Å². The Labute approximate surface area is 137 Å². The third kappa shape index (κ3) is 3.95. The Bertz CT molecular complexity index is 772. The summed E-state index contributed by atoms with van der Waals surface area (Å²) in [7, 11) is 0. The molecule has 0 atom stereocenters. The van der Waals surface area contributed by atoms with E-state index >= 15 is 0 Å². The molecule has 118 valence electrons. The Morgan fingerprint density at radius 2 is 2.00 bits per heavy atom. The van der Waals surface area contributed by atoms with Crippen LogP contribution in [0.4, 0.5) is 0 Å². The lowest BCUT2D eigenvalue weighted by atomic mass is 9.84. The second kappa shape index (κ2) is 6.62. The van der Waals surface area contributed by atoms with Crippen molar-refractivity contribution in [2.24, 2.45) is 0 Å². The quantitative estimate of drug-likeness (QED) is 0.942. The summed E-state index contributed by atoms with van der Waals surface area (Å²) in [6.45, 7) is 8.49. The van der Waals surface area contributed by atoms with Gasteiger partial charge in [-0.15, -0.1) is 0 Å². The molecule has 2 rings (SSSR count). The Balaban J connectivity index is 2.09. The SMILES string of the molecule is Cc1cccc(C(C)(C)CNC(=O)c2ccc(C#N)c(C)n2)c1. The van der Waals surface area contributed by atoms with Gasteiger partial charge in [0.15, 0.2) is 0 Å². The van der Waals surface area contributed by atoms with Crippen LogP contribution in [-0.2, 0) is 5.41 Å². The molecule has 23 heavy (non-hydrogen) atoms. The van der Waals surface area contributed by atoms with Crippen LogP contribution in [0.2, 0.25) is 0 Å². The first-order valence-electron chi connectivity index (χ1n) is 7.56. The number of aryl methyl sites for hydroxylation is 2. The van der Waals surface area contributed by atoms with E-state index in [1.165, 1.54) is 11.1 Å². The van der Waals surface area contributed by atoms with Crippen LogP contribution < -0.4 is 5.32 Å². The van der Waals surface area contributed by atoms with Crippen molar-refractivity contribution < 1.29 is 4.79 Å². The van der Waals surface area contributed by atoms with E-state index in [1.807, 2.05) is 6.07 Å². The summed E-state index contributed by atoms with van der Waals surface area (Å²) in [5, 5.41) is 11.9. The summed E-state index contributed by atoms with van der Waals surface area (Å²) in [5.74, 6) is -0.224. The maximum atomic E-state index is 12.3.